The molecule has 1 aliphatic heterocycles. The lowest BCUT2D eigenvalue weighted by molar-refractivity contribution is 0.228. The lowest BCUT2D eigenvalue weighted by Gasteiger charge is -2.22. The van der Waals surface area contributed by atoms with Crippen molar-refractivity contribution in [2.75, 3.05) is 6.54 Å². The van der Waals surface area contributed by atoms with E-state index in [1.165, 1.54) is 29.5 Å². The average Bonchev–Trinajstić information content (AvgIpc) is 3.12. The fourth-order valence-electron chi connectivity index (χ4n) is 3.27. The summed E-state index contributed by atoms with van der Waals surface area (Å²) in [6.07, 6.45) is 7.75. The molecule has 1 heterocycles. The highest BCUT2D eigenvalue weighted by Gasteiger charge is 2.13. The maximum Gasteiger partial charge on any atom is 0.0442 e. The van der Waals surface area contributed by atoms with E-state index in [2.05, 4.69) is 71.6 Å². The minimum absolute atomic E-state index is 0.551. The zero-order valence-electron chi connectivity index (χ0n) is 14.0. The molecule has 0 saturated heterocycles. The Balaban J connectivity index is 1.56. The lowest BCUT2D eigenvalue weighted by atomic mass is 9.96. The van der Waals surface area contributed by atoms with Crippen LogP contribution in [0.4, 0.5) is 0 Å². The van der Waals surface area contributed by atoms with Crippen molar-refractivity contribution in [2.24, 2.45) is 5.10 Å². The molecule has 23 heavy (non-hydrogen) atoms. The van der Waals surface area contributed by atoms with Crippen molar-refractivity contribution in [3.8, 4) is 0 Å². The molecule has 0 aliphatic carbocycles. The Labute approximate surface area is 139 Å². The van der Waals surface area contributed by atoms with Gasteiger partial charge in [0.25, 0.3) is 0 Å². The normalized spacial score (nSPS) is 15.1. The summed E-state index contributed by atoms with van der Waals surface area (Å²) in [5, 5.41) is 6.68. The Kier molecular flexibility index (Phi) is 5.46. The lowest BCUT2D eigenvalue weighted by Crippen LogP contribution is -2.26. The van der Waals surface area contributed by atoms with E-state index in [4.69, 9.17) is 0 Å². The van der Waals surface area contributed by atoms with Gasteiger partial charge in [0, 0.05) is 25.2 Å². The Morgan fingerprint density at radius 2 is 1.74 bits per heavy atom. The first-order valence-electron chi connectivity index (χ1n) is 8.73. The molecule has 2 aromatic carbocycles. The third-order valence-corrected chi connectivity index (χ3v) is 4.65. The topological polar surface area (TPSA) is 15.6 Å². The summed E-state index contributed by atoms with van der Waals surface area (Å²) < 4.78 is 0. The predicted octanol–water partition coefficient (Wildman–Crippen LogP) is 4.68. The molecule has 1 unspecified atom stereocenters. The molecule has 0 spiro atoms. The van der Waals surface area contributed by atoms with Gasteiger partial charge < -0.3 is 0 Å². The highest BCUT2D eigenvalue weighted by Crippen LogP contribution is 2.18. The minimum Gasteiger partial charge on any atom is -0.294 e. The smallest absolute Gasteiger partial charge is 0.0442 e. The second-order valence-corrected chi connectivity index (χ2v) is 6.42. The molecule has 0 aromatic heterocycles. The van der Waals surface area contributed by atoms with E-state index < -0.39 is 0 Å². The molecule has 120 valence electrons. The van der Waals surface area contributed by atoms with Crippen molar-refractivity contribution in [3.05, 3.63) is 71.3 Å². The van der Waals surface area contributed by atoms with Crippen LogP contribution in [-0.2, 0) is 12.8 Å². The number of nitrogens with zero attached hydrogens (tertiary/aromatic N) is 2. The van der Waals surface area contributed by atoms with Gasteiger partial charge in [0.2, 0.25) is 0 Å². The summed E-state index contributed by atoms with van der Waals surface area (Å²) >= 11 is 0. The standard InChI is InChI=1S/C21H26N2/c1-18(23-16-8-15-22-23)9-7-14-20-12-5-6-13-21(20)17-19-10-3-2-4-11-19/h2-6,10-13,15,18H,7-9,14,16-17H2,1H3. The van der Waals surface area contributed by atoms with Crippen LogP contribution >= 0.6 is 0 Å². The molecule has 0 bridgehead atoms. The third kappa shape index (κ3) is 4.44. The van der Waals surface area contributed by atoms with Gasteiger partial charge in [-0.1, -0.05) is 54.6 Å². The van der Waals surface area contributed by atoms with E-state index in [1.807, 2.05) is 6.21 Å². The van der Waals surface area contributed by atoms with Crippen LogP contribution in [0.2, 0.25) is 0 Å². The Morgan fingerprint density at radius 1 is 1.00 bits per heavy atom. The van der Waals surface area contributed by atoms with Crippen molar-refractivity contribution in [1.29, 1.82) is 0 Å². The molecule has 0 N–H and O–H groups in total. The van der Waals surface area contributed by atoms with Crippen LogP contribution in [0.5, 0.6) is 0 Å². The zero-order chi connectivity index (χ0) is 15.9. The molecule has 1 aliphatic rings. The molecule has 0 saturated carbocycles. The van der Waals surface area contributed by atoms with E-state index in [9.17, 15) is 0 Å². The Bertz CT molecular complexity index is 633. The van der Waals surface area contributed by atoms with Crippen molar-refractivity contribution >= 4 is 6.21 Å². The van der Waals surface area contributed by atoms with Gasteiger partial charge in [-0.05, 0) is 49.3 Å². The van der Waals surface area contributed by atoms with Crippen LogP contribution in [0.25, 0.3) is 0 Å². The number of rotatable bonds is 7. The van der Waals surface area contributed by atoms with Crippen LogP contribution in [0.15, 0.2) is 59.7 Å². The van der Waals surface area contributed by atoms with Gasteiger partial charge in [0.05, 0.1) is 0 Å². The maximum atomic E-state index is 4.44. The zero-order valence-corrected chi connectivity index (χ0v) is 14.0. The average molecular weight is 306 g/mol. The molecule has 0 fully saturated rings. The number of benzene rings is 2. The van der Waals surface area contributed by atoms with Gasteiger partial charge in [-0.25, -0.2) is 0 Å². The molecule has 0 radical (unpaired) electrons. The molecule has 2 aromatic rings. The first-order valence-corrected chi connectivity index (χ1v) is 8.73. The summed E-state index contributed by atoms with van der Waals surface area (Å²) in [7, 11) is 0. The summed E-state index contributed by atoms with van der Waals surface area (Å²) in [4.78, 5) is 0. The maximum absolute atomic E-state index is 4.44. The molecule has 3 rings (SSSR count). The number of hydrazone groups is 1. The summed E-state index contributed by atoms with van der Waals surface area (Å²) in [6.45, 7) is 3.38. The van der Waals surface area contributed by atoms with Gasteiger partial charge >= 0.3 is 0 Å². The SMILES string of the molecule is CC(CCCc1ccccc1Cc1ccccc1)N1CCC=N1. The van der Waals surface area contributed by atoms with Crippen molar-refractivity contribution in [3.63, 3.8) is 0 Å². The third-order valence-electron chi connectivity index (χ3n) is 4.65. The molecule has 1 atom stereocenters. The van der Waals surface area contributed by atoms with Crippen molar-refractivity contribution in [1.82, 2.24) is 5.01 Å². The molecule has 0 amide bonds. The summed E-state index contributed by atoms with van der Waals surface area (Å²) in [5.74, 6) is 0. The molecular weight excluding hydrogens is 280 g/mol. The first-order chi connectivity index (χ1) is 11.3. The van der Waals surface area contributed by atoms with E-state index in [0.717, 1.165) is 25.8 Å². The monoisotopic (exact) mass is 306 g/mol. The second kappa shape index (κ2) is 7.96. The summed E-state index contributed by atoms with van der Waals surface area (Å²) in [6, 6.07) is 20.2. The molecule has 2 nitrogen and oxygen atoms in total. The highest BCUT2D eigenvalue weighted by atomic mass is 15.5. The van der Waals surface area contributed by atoms with Crippen LogP contribution in [-0.4, -0.2) is 23.8 Å². The van der Waals surface area contributed by atoms with Gasteiger partial charge in [-0.2, -0.15) is 5.10 Å². The van der Waals surface area contributed by atoms with Gasteiger partial charge in [0.1, 0.15) is 0 Å². The van der Waals surface area contributed by atoms with Crippen LogP contribution in [0.1, 0.15) is 42.9 Å². The van der Waals surface area contributed by atoms with Crippen LogP contribution < -0.4 is 0 Å². The van der Waals surface area contributed by atoms with Gasteiger partial charge in [-0.15, -0.1) is 0 Å². The van der Waals surface area contributed by atoms with Gasteiger partial charge in [-0.3, -0.25) is 5.01 Å². The van der Waals surface area contributed by atoms with E-state index in [-0.39, 0.29) is 0 Å². The van der Waals surface area contributed by atoms with E-state index in [0.29, 0.717) is 6.04 Å². The quantitative estimate of drug-likeness (QED) is 0.725. The fraction of sp³-hybridized carbons (Fsp3) is 0.381. The summed E-state index contributed by atoms with van der Waals surface area (Å²) in [5.41, 5.74) is 4.35. The fourth-order valence-corrected chi connectivity index (χ4v) is 3.27. The Hall–Kier alpha value is -2.09. The van der Waals surface area contributed by atoms with E-state index >= 15 is 0 Å². The molecule has 2 heteroatoms. The van der Waals surface area contributed by atoms with E-state index in [1.54, 1.807) is 0 Å². The minimum atomic E-state index is 0.551. The van der Waals surface area contributed by atoms with Crippen molar-refractivity contribution in [2.45, 2.75) is 45.1 Å². The molecular formula is C21H26N2. The Morgan fingerprint density at radius 3 is 2.48 bits per heavy atom. The van der Waals surface area contributed by atoms with Gasteiger partial charge in [0.15, 0.2) is 0 Å². The highest BCUT2D eigenvalue weighted by molar-refractivity contribution is 5.58. The number of hydrogen-bond acceptors (Lipinski definition) is 2. The first kappa shape index (κ1) is 15.8. The predicted molar refractivity (Wildman–Crippen MR) is 97.9 cm³/mol. The largest absolute Gasteiger partial charge is 0.294 e. The number of hydrogen-bond donors (Lipinski definition) is 0. The van der Waals surface area contributed by atoms with Crippen molar-refractivity contribution < 1.29 is 0 Å². The van der Waals surface area contributed by atoms with Crippen LogP contribution in [0.3, 0.4) is 0 Å². The number of aryl methyl sites for hydroxylation is 1. The second-order valence-electron chi connectivity index (χ2n) is 6.42. The van der Waals surface area contributed by atoms with Crippen LogP contribution in [0, 0.1) is 0 Å².